The van der Waals surface area contributed by atoms with E-state index in [1.807, 2.05) is 0 Å². The lowest BCUT2D eigenvalue weighted by Crippen LogP contribution is -2.53. The number of piperazine rings is 1. The van der Waals surface area contributed by atoms with Gasteiger partial charge in [-0.15, -0.1) is 0 Å². The van der Waals surface area contributed by atoms with Gasteiger partial charge in [0.25, 0.3) is 0 Å². The SMILES string of the molecule is CCCNCC1(CN2CCN(CCC)CC2)CCOCC1. The maximum Gasteiger partial charge on any atom is 0.0472 e. The third-order valence-electron chi connectivity index (χ3n) is 5.04. The van der Waals surface area contributed by atoms with Crippen LogP contribution in [0.4, 0.5) is 0 Å². The summed E-state index contributed by atoms with van der Waals surface area (Å²) in [5.74, 6) is 0. The van der Waals surface area contributed by atoms with Crippen LogP contribution >= 0.6 is 0 Å². The van der Waals surface area contributed by atoms with Crippen LogP contribution in [0.3, 0.4) is 0 Å². The summed E-state index contributed by atoms with van der Waals surface area (Å²) in [5.41, 5.74) is 0.445. The van der Waals surface area contributed by atoms with Gasteiger partial charge >= 0.3 is 0 Å². The Morgan fingerprint density at radius 1 is 0.952 bits per heavy atom. The molecular weight excluding hydrogens is 262 g/mol. The van der Waals surface area contributed by atoms with E-state index in [0.717, 1.165) is 19.8 Å². The minimum absolute atomic E-state index is 0.445. The fraction of sp³-hybridized carbons (Fsp3) is 1.00. The summed E-state index contributed by atoms with van der Waals surface area (Å²) in [5, 5.41) is 3.67. The highest BCUT2D eigenvalue weighted by molar-refractivity contribution is 4.88. The van der Waals surface area contributed by atoms with Crippen molar-refractivity contribution in [3.05, 3.63) is 0 Å². The number of rotatable bonds is 8. The highest BCUT2D eigenvalue weighted by Gasteiger charge is 2.34. The Morgan fingerprint density at radius 2 is 1.62 bits per heavy atom. The van der Waals surface area contributed by atoms with Crippen LogP contribution in [0.5, 0.6) is 0 Å². The standard InChI is InChI=1S/C17H35N3O/c1-3-7-18-15-17(5-13-21-14-6-17)16-20-11-9-19(8-4-2)10-12-20/h18H,3-16H2,1-2H3. The lowest BCUT2D eigenvalue weighted by Gasteiger charge is -2.44. The van der Waals surface area contributed by atoms with E-state index in [0.29, 0.717) is 5.41 Å². The van der Waals surface area contributed by atoms with E-state index in [4.69, 9.17) is 4.74 Å². The molecule has 21 heavy (non-hydrogen) atoms. The quantitative estimate of drug-likeness (QED) is 0.692. The Hall–Kier alpha value is -0.160. The molecule has 0 bridgehead atoms. The molecule has 4 nitrogen and oxygen atoms in total. The van der Waals surface area contributed by atoms with E-state index in [2.05, 4.69) is 29.0 Å². The van der Waals surface area contributed by atoms with Crippen molar-refractivity contribution in [3.8, 4) is 0 Å². The average Bonchev–Trinajstić information content (AvgIpc) is 2.51. The molecule has 4 heteroatoms. The molecule has 2 fully saturated rings. The van der Waals surface area contributed by atoms with Gasteiger partial charge in [-0.1, -0.05) is 13.8 Å². The van der Waals surface area contributed by atoms with Crippen molar-refractivity contribution in [3.63, 3.8) is 0 Å². The van der Waals surface area contributed by atoms with Crippen LogP contribution in [0.15, 0.2) is 0 Å². The fourth-order valence-corrected chi connectivity index (χ4v) is 3.69. The molecule has 2 aliphatic rings. The van der Waals surface area contributed by atoms with Gasteiger partial charge in [-0.3, -0.25) is 0 Å². The molecule has 0 spiro atoms. The van der Waals surface area contributed by atoms with Gasteiger partial charge < -0.3 is 19.9 Å². The lowest BCUT2D eigenvalue weighted by molar-refractivity contribution is -0.0122. The van der Waals surface area contributed by atoms with Gasteiger partial charge in [-0.05, 0) is 44.2 Å². The topological polar surface area (TPSA) is 27.7 Å². The van der Waals surface area contributed by atoms with E-state index in [1.165, 1.54) is 71.5 Å². The summed E-state index contributed by atoms with van der Waals surface area (Å²) in [4.78, 5) is 5.31. The molecule has 2 rings (SSSR count). The third-order valence-corrected chi connectivity index (χ3v) is 5.04. The Bertz CT molecular complexity index is 271. The molecule has 1 N–H and O–H groups in total. The van der Waals surface area contributed by atoms with E-state index < -0.39 is 0 Å². The zero-order chi connectivity index (χ0) is 15.0. The van der Waals surface area contributed by atoms with Gasteiger partial charge in [0.1, 0.15) is 0 Å². The van der Waals surface area contributed by atoms with Crippen LogP contribution < -0.4 is 5.32 Å². The molecule has 0 atom stereocenters. The maximum absolute atomic E-state index is 5.61. The van der Waals surface area contributed by atoms with Crippen molar-refractivity contribution < 1.29 is 4.74 Å². The minimum Gasteiger partial charge on any atom is -0.381 e. The Morgan fingerprint density at radius 3 is 2.24 bits per heavy atom. The normalized spacial score (nSPS) is 24.3. The Kier molecular flexibility index (Phi) is 7.44. The van der Waals surface area contributed by atoms with Crippen molar-refractivity contribution in [1.29, 1.82) is 0 Å². The molecule has 0 aromatic rings. The highest BCUT2D eigenvalue weighted by Crippen LogP contribution is 2.31. The van der Waals surface area contributed by atoms with E-state index in [1.54, 1.807) is 0 Å². The summed E-state index contributed by atoms with van der Waals surface area (Å²) in [6.07, 6.45) is 4.95. The molecule has 0 aromatic carbocycles. The fourth-order valence-electron chi connectivity index (χ4n) is 3.69. The lowest BCUT2D eigenvalue weighted by atomic mass is 9.79. The van der Waals surface area contributed by atoms with Crippen LogP contribution in [0.25, 0.3) is 0 Å². The summed E-state index contributed by atoms with van der Waals surface area (Å²) >= 11 is 0. The number of ether oxygens (including phenoxy) is 1. The maximum atomic E-state index is 5.61. The zero-order valence-electron chi connectivity index (χ0n) is 14.2. The Balaban J connectivity index is 1.81. The van der Waals surface area contributed by atoms with Gasteiger partial charge in [-0.25, -0.2) is 0 Å². The van der Waals surface area contributed by atoms with Gasteiger partial charge in [0.15, 0.2) is 0 Å². The number of nitrogens with one attached hydrogen (secondary N) is 1. The van der Waals surface area contributed by atoms with Crippen LogP contribution in [0, 0.1) is 5.41 Å². The predicted molar refractivity (Wildman–Crippen MR) is 88.8 cm³/mol. The molecular formula is C17H35N3O. The smallest absolute Gasteiger partial charge is 0.0472 e. The monoisotopic (exact) mass is 297 g/mol. The van der Waals surface area contributed by atoms with Gasteiger partial charge in [-0.2, -0.15) is 0 Å². The predicted octanol–water partition coefficient (Wildman–Crippen LogP) is 1.81. The van der Waals surface area contributed by atoms with Crippen molar-refractivity contribution in [1.82, 2.24) is 15.1 Å². The largest absolute Gasteiger partial charge is 0.381 e. The molecule has 2 heterocycles. The number of hydrogen-bond acceptors (Lipinski definition) is 4. The molecule has 2 aliphatic heterocycles. The number of hydrogen-bond donors (Lipinski definition) is 1. The molecule has 0 saturated carbocycles. The first-order valence-electron chi connectivity index (χ1n) is 9.01. The second-order valence-corrected chi connectivity index (χ2v) is 6.91. The molecule has 0 radical (unpaired) electrons. The van der Waals surface area contributed by atoms with Crippen molar-refractivity contribution >= 4 is 0 Å². The van der Waals surface area contributed by atoms with Crippen molar-refractivity contribution in [2.75, 3.05) is 65.6 Å². The van der Waals surface area contributed by atoms with Crippen LogP contribution in [-0.4, -0.2) is 75.4 Å². The first-order chi connectivity index (χ1) is 10.3. The second kappa shape index (κ2) is 9.09. The van der Waals surface area contributed by atoms with Crippen LogP contribution in [0.1, 0.15) is 39.5 Å². The van der Waals surface area contributed by atoms with Crippen molar-refractivity contribution in [2.45, 2.75) is 39.5 Å². The minimum atomic E-state index is 0.445. The summed E-state index contributed by atoms with van der Waals surface area (Å²) < 4.78 is 5.61. The molecule has 2 saturated heterocycles. The molecule has 0 aromatic heterocycles. The molecule has 0 amide bonds. The molecule has 0 aliphatic carbocycles. The number of nitrogens with zero attached hydrogens (tertiary/aromatic N) is 2. The van der Waals surface area contributed by atoms with E-state index in [-0.39, 0.29) is 0 Å². The summed E-state index contributed by atoms with van der Waals surface area (Å²) in [7, 11) is 0. The summed E-state index contributed by atoms with van der Waals surface area (Å²) in [6.45, 7) is 16.3. The first-order valence-corrected chi connectivity index (χ1v) is 9.01. The average molecular weight is 297 g/mol. The van der Waals surface area contributed by atoms with Crippen LogP contribution in [-0.2, 0) is 4.74 Å². The summed E-state index contributed by atoms with van der Waals surface area (Å²) in [6, 6.07) is 0. The Labute approximate surface area is 131 Å². The van der Waals surface area contributed by atoms with Gasteiger partial charge in [0.2, 0.25) is 0 Å². The van der Waals surface area contributed by atoms with E-state index in [9.17, 15) is 0 Å². The van der Waals surface area contributed by atoms with Crippen LogP contribution in [0.2, 0.25) is 0 Å². The van der Waals surface area contributed by atoms with Gasteiger partial charge in [0.05, 0.1) is 0 Å². The van der Waals surface area contributed by atoms with Gasteiger partial charge in [0, 0.05) is 52.5 Å². The molecule has 124 valence electrons. The first kappa shape index (κ1) is 17.2. The zero-order valence-corrected chi connectivity index (χ0v) is 14.2. The van der Waals surface area contributed by atoms with Crippen molar-refractivity contribution in [2.24, 2.45) is 5.41 Å². The molecule has 0 unspecified atom stereocenters. The second-order valence-electron chi connectivity index (χ2n) is 6.91. The van der Waals surface area contributed by atoms with E-state index >= 15 is 0 Å². The third kappa shape index (κ3) is 5.51. The highest BCUT2D eigenvalue weighted by atomic mass is 16.5.